The molecular formula is C18H20N2O3. The van der Waals surface area contributed by atoms with Gasteiger partial charge in [-0.3, -0.25) is 9.59 Å². The number of methoxy groups -OCH3 is 1. The summed E-state index contributed by atoms with van der Waals surface area (Å²) in [7, 11) is 3.30. The SMILES string of the molecule is COc1cccc(C(=O)Nc2cccc(CN(C)C(C)=O)c2)c1. The van der Waals surface area contributed by atoms with Crippen LogP contribution >= 0.6 is 0 Å². The number of ether oxygens (including phenoxy) is 1. The molecule has 0 spiro atoms. The number of carbonyl (C=O) groups excluding carboxylic acids is 2. The maximum absolute atomic E-state index is 12.3. The molecule has 0 saturated heterocycles. The Hall–Kier alpha value is -2.82. The maximum atomic E-state index is 12.3. The normalized spacial score (nSPS) is 10.0. The Bertz CT molecular complexity index is 713. The third-order valence-electron chi connectivity index (χ3n) is 3.47. The fourth-order valence-electron chi connectivity index (χ4n) is 2.10. The number of anilines is 1. The molecule has 5 heteroatoms. The van der Waals surface area contributed by atoms with E-state index in [-0.39, 0.29) is 11.8 Å². The van der Waals surface area contributed by atoms with E-state index in [2.05, 4.69) is 5.32 Å². The molecule has 0 fully saturated rings. The van der Waals surface area contributed by atoms with Gasteiger partial charge in [-0.25, -0.2) is 0 Å². The van der Waals surface area contributed by atoms with Crippen LogP contribution in [0.2, 0.25) is 0 Å². The smallest absolute Gasteiger partial charge is 0.255 e. The zero-order valence-corrected chi connectivity index (χ0v) is 13.5. The van der Waals surface area contributed by atoms with Crippen LogP contribution in [0.1, 0.15) is 22.8 Å². The molecule has 2 amide bonds. The zero-order chi connectivity index (χ0) is 16.8. The summed E-state index contributed by atoms with van der Waals surface area (Å²) < 4.78 is 5.12. The average molecular weight is 312 g/mol. The molecule has 0 bridgehead atoms. The van der Waals surface area contributed by atoms with Crippen molar-refractivity contribution in [3.8, 4) is 5.75 Å². The fraction of sp³-hybridized carbons (Fsp3) is 0.222. The summed E-state index contributed by atoms with van der Waals surface area (Å²) in [5, 5.41) is 2.85. The van der Waals surface area contributed by atoms with Crippen LogP contribution in [0.15, 0.2) is 48.5 Å². The summed E-state index contributed by atoms with van der Waals surface area (Å²) in [6.45, 7) is 2.02. The molecule has 0 radical (unpaired) electrons. The van der Waals surface area contributed by atoms with Crippen LogP contribution in [0.3, 0.4) is 0 Å². The minimum atomic E-state index is -0.207. The van der Waals surface area contributed by atoms with Crippen molar-refractivity contribution in [2.75, 3.05) is 19.5 Å². The molecule has 2 aromatic rings. The van der Waals surface area contributed by atoms with Gasteiger partial charge in [0.05, 0.1) is 7.11 Å². The Morgan fingerprint density at radius 3 is 2.57 bits per heavy atom. The number of rotatable bonds is 5. The van der Waals surface area contributed by atoms with Crippen molar-refractivity contribution in [3.05, 3.63) is 59.7 Å². The summed E-state index contributed by atoms with van der Waals surface area (Å²) in [5.74, 6) is 0.422. The van der Waals surface area contributed by atoms with Gasteiger partial charge >= 0.3 is 0 Å². The summed E-state index contributed by atoms with van der Waals surface area (Å²) in [6.07, 6.45) is 0. The lowest BCUT2D eigenvalue weighted by Crippen LogP contribution is -2.23. The lowest BCUT2D eigenvalue weighted by molar-refractivity contribution is -0.128. The van der Waals surface area contributed by atoms with Gasteiger partial charge in [-0.05, 0) is 35.9 Å². The highest BCUT2D eigenvalue weighted by atomic mass is 16.5. The summed E-state index contributed by atoms with van der Waals surface area (Å²) in [4.78, 5) is 25.2. The molecule has 0 aliphatic carbocycles. The predicted molar refractivity (Wildman–Crippen MR) is 89.5 cm³/mol. The van der Waals surface area contributed by atoms with E-state index in [4.69, 9.17) is 4.74 Å². The van der Waals surface area contributed by atoms with Gasteiger partial charge in [0.2, 0.25) is 5.91 Å². The molecule has 1 N–H and O–H groups in total. The lowest BCUT2D eigenvalue weighted by atomic mass is 10.1. The molecule has 0 aromatic heterocycles. The van der Waals surface area contributed by atoms with Crippen molar-refractivity contribution in [1.29, 1.82) is 0 Å². The Kier molecular flexibility index (Phi) is 5.36. The number of hydrogen-bond acceptors (Lipinski definition) is 3. The van der Waals surface area contributed by atoms with E-state index in [1.807, 2.05) is 24.3 Å². The number of nitrogens with zero attached hydrogens (tertiary/aromatic N) is 1. The molecule has 0 unspecified atom stereocenters. The van der Waals surface area contributed by atoms with Gasteiger partial charge in [-0.2, -0.15) is 0 Å². The van der Waals surface area contributed by atoms with Crippen LogP contribution in [-0.4, -0.2) is 30.9 Å². The maximum Gasteiger partial charge on any atom is 0.255 e. The molecule has 0 atom stereocenters. The standard InChI is InChI=1S/C18H20N2O3/c1-13(21)20(2)12-14-6-4-8-16(10-14)19-18(22)15-7-5-9-17(11-15)23-3/h4-11H,12H2,1-3H3,(H,19,22). The molecule has 0 saturated carbocycles. The summed E-state index contributed by atoms with van der Waals surface area (Å²) in [6, 6.07) is 14.4. The van der Waals surface area contributed by atoms with Gasteiger partial charge in [0.1, 0.15) is 5.75 Å². The second kappa shape index (κ2) is 7.45. The molecule has 2 aromatic carbocycles. The fourth-order valence-corrected chi connectivity index (χ4v) is 2.10. The van der Waals surface area contributed by atoms with Crippen LogP contribution in [0.5, 0.6) is 5.75 Å². The van der Waals surface area contributed by atoms with E-state index >= 15 is 0 Å². The van der Waals surface area contributed by atoms with E-state index in [1.54, 1.807) is 43.3 Å². The van der Waals surface area contributed by atoms with Crippen molar-refractivity contribution in [2.45, 2.75) is 13.5 Å². The van der Waals surface area contributed by atoms with Crippen LogP contribution in [0, 0.1) is 0 Å². The molecule has 0 aliphatic rings. The Labute approximate surface area is 135 Å². The van der Waals surface area contributed by atoms with Gasteiger partial charge in [-0.15, -0.1) is 0 Å². The monoisotopic (exact) mass is 312 g/mol. The third-order valence-corrected chi connectivity index (χ3v) is 3.47. The van der Waals surface area contributed by atoms with E-state index < -0.39 is 0 Å². The first kappa shape index (κ1) is 16.5. The molecule has 0 heterocycles. The number of amides is 2. The van der Waals surface area contributed by atoms with Crippen molar-refractivity contribution in [3.63, 3.8) is 0 Å². The third kappa shape index (κ3) is 4.57. The Morgan fingerprint density at radius 2 is 1.87 bits per heavy atom. The molecule has 5 nitrogen and oxygen atoms in total. The second-order valence-corrected chi connectivity index (χ2v) is 5.26. The number of hydrogen-bond donors (Lipinski definition) is 1. The van der Waals surface area contributed by atoms with E-state index in [1.165, 1.54) is 6.92 Å². The van der Waals surface area contributed by atoms with Crippen LogP contribution in [-0.2, 0) is 11.3 Å². The van der Waals surface area contributed by atoms with Crippen LogP contribution in [0.25, 0.3) is 0 Å². The van der Waals surface area contributed by atoms with Crippen LogP contribution < -0.4 is 10.1 Å². The first-order valence-electron chi connectivity index (χ1n) is 7.25. The Balaban J connectivity index is 2.10. The van der Waals surface area contributed by atoms with E-state index in [9.17, 15) is 9.59 Å². The van der Waals surface area contributed by atoms with Crippen molar-refractivity contribution in [1.82, 2.24) is 4.90 Å². The minimum Gasteiger partial charge on any atom is -0.497 e. The topological polar surface area (TPSA) is 58.6 Å². The van der Waals surface area contributed by atoms with Crippen molar-refractivity contribution in [2.24, 2.45) is 0 Å². The summed E-state index contributed by atoms with van der Waals surface area (Å²) >= 11 is 0. The van der Waals surface area contributed by atoms with Gasteiger partial charge in [0, 0.05) is 31.8 Å². The highest BCUT2D eigenvalue weighted by Crippen LogP contribution is 2.16. The quantitative estimate of drug-likeness (QED) is 0.923. The van der Waals surface area contributed by atoms with Gasteiger partial charge < -0.3 is 15.0 Å². The lowest BCUT2D eigenvalue weighted by Gasteiger charge is -2.15. The second-order valence-electron chi connectivity index (χ2n) is 5.26. The first-order chi connectivity index (χ1) is 11.0. The summed E-state index contributed by atoms with van der Waals surface area (Å²) in [5.41, 5.74) is 2.16. The van der Waals surface area contributed by atoms with Gasteiger partial charge in [0.25, 0.3) is 5.91 Å². The molecule has 23 heavy (non-hydrogen) atoms. The first-order valence-corrected chi connectivity index (χ1v) is 7.25. The molecular weight excluding hydrogens is 292 g/mol. The highest BCUT2D eigenvalue weighted by Gasteiger charge is 2.08. The number of carbonyl (C=O) groups is 2. The average Bonchev–Trinajstić information content (AvgIpc) is 2.55. The Morgan fingerprint density at radius 1 is 1.13 bits per heavy atom. The van der Waals surface area contributed by atoms with Crippen molar-refractivity contribution < 1.29 is 14.3 Å². The zero-order valence-electron chi connectivity index (χ0n) is 13.5. The number of nitrogens with one attached hydrogen (secondary N) is 1. The molecule has 2 rings (SSSR count). The minimum absolute atomic E-state index is 0.00387. The largest absolute Gasteiger partial charge is 0.497 e. The van der Waals surface area contributed by atoms with Gasteiger partial charge in [-0.1, -0.05) is 18.2 Å². The predicted octanol–water partition coefficient (Wildman–Crippen LogP) is 2.93. The van der Waals surface area contributed by atoms with Crippen LogP contribution in [0.4, 0.5) is 5.69 Å². The molecule has 120 valence electrons. The molecule has 0 aliphatic heterocycles. The van der Waals surface area contributed by atoms with Crippen molar-refractivity contribution >= 4 is 17.5 Å². The van der Waals surface area contributed by atoms with E-state index in [0.29, 0.717) is 23.5 Å². The highest BCUT2D eigenvalue weighted by molar-refractivity contribution is 6.04. The van der Waals surface area contributed by atoms with E-state index in [0.717, 1.165) is 5.56 Å². The van der Waals surface area contributed by atoms with Gasteiger partial charge in [0.15, 0.2) is 0 Å². The number of benzene rings is 2.